The molecule has 1 unspecified atom stereocenters. The molecule has 0 radical (unpaired) electrons. The standard InChI is InChI=1S/C10H18N2/c11-5-1-2-10-8-9-3-6-12(10)7-4-9/h1,5,9-10H,2-4,6-8,11H2. The number of fused-ring (bicyclic) bond motifs is 3. The van der Waals surface area contributed by atoms with E-state index in [1.165, 1.54) is 32.4 Å². The van der Waals surface area contributed by atoms with Gasteiger partial charge in [-0.05, 0) is 50.9 Å². The Kier molecular flexibility index (Phi) is 2.35. The fourth-order valence-corrected chi connectivity index (χ4v) is 2.57. The Balaban J connectivity index is 1.90. The van der Waals surface area contributed by atoms with Crippen LogP contribution in [0.25, 0.3) is 0 Å². The van der Waals surface area contributed by atoms with Gasteiger partial charge >= 0.3 is 0 Å². The van der Waals surface area contributed by atoms with E-state index >= 15 is 0 Å². The van der Waals surface area contributed by atoms with Crippen molar-refractivity contribution in [2.45, 2.75) is 31.7 Å². The summed E-state index contributed by atoms with van der Waals surface area (Å²) in [6.45, 7) is 2.65. The molecule has 0 amide bonds. The summed E-state index contributed by atoms with van der Waals surface area (Å²) in [5.41, 5.74) is 5.34. The molecule has 0 spiro atoms. The second-order valence-electron chi connectivity index (χ2n) is 4.03. The Bertz CT molecular complexity index is 169. The highest BCUT2D eigenvalue weighted by Crippen LogP contribution is 2.33. The van der Waals surface area contributed by atoms with E-state index in [1.807, 2.05) is 0 Å². The minimum atomic E-state index is 0.803. The molecule has 12 heavy (non-hydrogen) atoms. The molecule has 0 saturated carbocycles. The Labute approximate surface area is 74.4 Å². The number of nitrogens with zero attached hydrogens (tertiary/aromatic N) is 1. The summed E-state index contributed by atoms with van der Waals surface area (Å²) in [5, 5.41) is 0. The van der Waals surface area contributed by atoms with E-state index in [1.54, 1.807) is 6.20 Å². The molecule has 3 heterocycles. The van der Waals surface area contributed by atoms with Crippen LogP contribution in [0.2, 0.25) is 0 Å². The summed E-state index contributed by atoms with van der Waals surface area (Å²) in [7, 11) is 0. The van der Waals surface area contributed by atoms with Crippen LogP contribution in [0.3, 0.4) is 0 Å². The van der Waals surface area contributed by atoms with Gasteiger partial charge in [-0.2, -0.15) is 0 Å². The van der Waals surface area contributed by atoms with Gasteiger partial charge in [0.25, 0.3) is 0 Å². The molecule has 3 aliphatic rings. The van der Waals surface area contributed by atoms with E-state index in [0.29, 0.717) is 0 Å². The second kappa shape index (κ2) is 3.48. The number of piperidine rings is 3. The molecular weight excluding hydrogens is 148 g/mol. The van der Waals surface area contributed by atoms with E-state index in [-0.39, 0.29) is 0 Å². The lowest BCUT2D eigenvalue weighted by atomic mass is 9.82. The van der Waals surface area contributed by atoms with Crippen LogP contribution in [0.15, 0.2) is 12.3 Å². The zero-order valence-corrected chi connectivity index (χ0v) is 7.58. The maximum Gasteiger partial charge on any atom is 0.0133 e. The van der Waals surface area contributed by atoms with Crippen molar-refractivity contribution in [3.63, 3.8) is 0 Å². The smallest absolute Gasteiger partial charge is 0.0133 e. The molecule has 2 N–H and O–H groups in total. The lowest BCUT2D eigenvalue weighted by Gasteiger charge is -2.45. The van der Waals surface area contributed by atoms with Gasteiger partial charge in [0.15, 0.2) is 0 Å². The van der Waals surface area contributed by atoms with Crippen molar-refractivity contribution in [3.8, 4) is 0 Å². The minimum absolute atomic E-state index is 0.803. The average molecular weight is 166 g/mol. The summed E-state index contributed by atoms with van der Waals surface area (Å²) < 4.78 is 0. The number of rotatable bonds is 2. The molecule has 3 fully saturated rings. The van der Waals surface area contributed by atoms with Gasteiger partial charge in [0.05, 0.1) is 0 Å². The third-order valence-electron chi connectivity index (χ3n) is 3.32. The Morgan fingerprint density at radius 2 is 2.08 bits per heavy atom. The quantitative estimate of drug-likeness (QED) is 0.670. The Hall–Kier alpha value is -0.500. The molecule has 3 rings (SSSR count). The zero-order valence-electron chi connectivity index (χ0n) is 7.58. The van der Waals surface area contributed by atoms with Crippen molar-refractivity contribution in [1.29, 1.82) is 0 Å². The summed E-state index contributed by atoms with van der Waals surface area (Å²) in [4.78, 5) is 2.62. The highest BCUT2D eigenvalue weighted by Gasteiger charge is 2.32. The molecule has 2 heteroatoms. The Morgan fingerprint density at radius 3 is 2.58 bits per heavy atom. The molecule has 0 aromatic carbocycles. The van der Waals surface area contributed by atoms with E-state index in [4.69, 9.17) is 5.73 Å². The number of nitrogens with two attached hydrogens (primary N) is 1. The predicted octanol–water partition coefficient (Wildman–Crippen LogP) is 1.33. The first-order valence-electron chi connectivity index (χ1n) is 5.01. The molecule has 68 valence electrons. The van der Waals surface area contributed by atoms with Crippen LogP contribution in [0.1, 0.15) is 25.7 Å². The molecular formula is C10H18N2. The van der Waals surface area contributed by atoms with E-state index in [0.717, 1.165) is 18.4 Å². The van der Waals surface area contributed by atoms with Crippen molar-refractivity contribution >= 4 is 0 Å². The van der Waals surface area contributed by atoms with Gasteiger partial charge in [0, 0.05) is 6.04 Å². The molecule has 0 aliphatic carbocycles. The summed E-state index contributed by atoms with van der Waals surface area (Å²) in [6, 6.07) is 0.803. The van der Waals surface area contributed by atoms with Crippen LogP contribution in [0.4, 0.5) is 0 Å². The first kappa shape index (κ1) is 8.11. The lowest BCUT2D eigenvalue weighted by Crippen LogP contribution is -2.48. The largest absolute Gasteiger partial charge is 0.405 e. The lowest BCUT2D eigenvalue weighted by molar-refractivity contribution is 0.0512. The molecule has 1 atom stereocenters. The van der Waals surface area contributed by atoms with Crippen LogP contribution >= 0.6 is 0 Å². The first-order chi connectivity index (χ1) is 5.90. The van der Waals surface area contributed by atoms with Crippen LogP contribution in [-0.4, -0.2) is 24.0 Å². The van der Waals surface area contributed by atoms with Crippen molar-refractivity contribution in [3.05, 3.63) is 12.3 Å². The van der Waals surface area contributed by atoms with Gasteiger partial charge in [-0.15, -0.1) is 0 Å². The van der Waals surface area contributed by atoms with Crippen molar-refractivity contribution in [2.75, 3.05) is 13.1 Å². The number of hydrogen-bond donors (Lipinski definition) is 1. The van der Waals surface area contributed by atoms with Crippen LogP contribution in [-0.2, 0) is 0 Å². The average Bonchev–Trinajstić information content (AvgIpc) is 2.17. The maximum atomic E-state index is 5.34. The fraction of sp³-hybridized carbons (Fsp3) is 0.800. The predicted molar refractivity (Wildman–Crippen MR) is 50.6 cm³/mol. The monoisotopic (exact) mass is 166 g/mol. The van der Waals surface area contributed by atoms with Gasteiger partial charge in [-0.3, -0.25) is 0 Å². The minimum Gasteiger partial charge on any atom is -0.405 e. The topological polar surface area (TPSA) is 29.3 Å². The van der Waals surface area contributed by atoms with Gasteiger partial charge in [0.1, 0.15) is 0 Å². The van der Waals surface area contributed by atoms with Crippen molar-refractivity contribution in [2.24, 2.45) is 11.7 Å². The highest BCUT2D eigenvalue weighted by atomic mass is 15.2. The van der Waals surface area contributed by atoms with E-state index in [9.17, 15) is 0 Å². The third kappa shape index (κ3) is 1.48. The normalized spacial score (nSPS) is 40.8. The van der Waals surface area contributed by atoms with Crippen molar-refractivity contribution in [1.82, 2.24) is 4.90 Å². The Morgan fingerprint density at radius 1 is 1.33 bits per heavy atom. The van der Waals surface area contributed by atoms with Gasteiger partial charge < -0.3 is 10.6 Å². The first-order valence-corrected chi connectivity index (χ1v) is 5.01. The summed E-state index contributed by atoms with van der Waals surface area (Å²) in [5.74, 6) is 1.02. The molecule has 2 bridgehead atoms. The van der Waals surface area contributed by atoms with E-state index in [2.05, 4.69) is 11.0 Å². The molecule has 0 aromatic heterocycles. The third-order valence-corrected chi connectivity index (χ3v) is 3.32. The molecule has 3 aliphatic heterocycles. The highest BCUT2D eigenvalue weighted by molar-refractivity contribution is 4.92. The second-order valence-corrected chi connectivity index (χ2v) is 4.03. The number of hydrogen-bond acceptors (Lipinski definition) is 2. The fourth-order valence-electron chi connectivity index (χ4n) is 2.57. The van der Waals surface area contributed by atoms with Gasteiger partial charge in [0.2, 0.25) is 0 Å². The van der Waals surface area contributed by atoms with Gasteiger partial charge in [-0.25, -0.2) is 0 Å². The van der Waals surface area contributed by atoms with Crippen LogP contribution in [0.5, 0.6) is 0 Å². The van der Waals surface area contributed by atoms with Gasteiger partial charge in [-0.1, -0.05) is 6.08 Å². The van der Waals surface area contributed by atoms with Crippen LogP contribution in [0, 0.1) is 5.92 Å². The molecule has 2 nitrogen and oxygen atoms in total. The molecule has 3 saturated heterocycles. The summed E-state index contributed by atoms with van der Waals surface area (Å²) >= 11 is 0. The molecule has 0 aromatic rings. The zero-order chi connectivity index (χ0) is 8.39. The van der Waals surface area contributed by atoms with Crippen molar-refractivity contribution < 1.29 is 0 Å². The van der Waals surface area contributed by atoms with E-state index < -0.39 is 0 Å². The maximum absolute atomic E-state index is 5.34. The van der Waals surface area contributed by atoms with Crippen LogP contribution < -0.4 is 5.73 Å². The summed E-state index contributed by atoms with van der Waals surface area (Å²) in [6.07, 6.45) is 9.22. The SMILES string of the molecule is NC=CCC1CC2CCN1CC2.